The van der Waals surface area contributed by atoms with Crippen molar-refractivity contribution in [2.45, 2.75) is 4.90 Å². The Morgan fingerprint density at radius 2 is 1.90 bits per heavy atom. The van der Waals surface area contributed by atoms with Gasteiger partial charge in [-0.2, -0.15) is 0 Å². The van der Waals surface area contributed by atoms with E-state index in [1.54, 1.807) is 5.38 Å². The highest BCUT2D eigenvalue weighted by atomic mass is 32.2. The van der Waals surface area contributed by atoms with Crippen molar-refractivity contribution in [3.8, 4) is 0 Å². The molecular formula is C18H16N6O3S2. The van der Waals surface area contributed by atoms with Crippen LogP contribution in [-0.2, 0) is 14.8 Å². The smallest absolute Gasteiger partial charge is 0.263 e. The Kier molecular flexibility index (Phi) is 5.14. The standard InChI is InChI=1S/C18H16N6O3S2/c25-16(11-20-17-22-14-3-1-2-4-15(14)23-17)21-12-5-7-13(8-6-12)29(26,27)24-18-19-9-10-28-18/h1-10H,11H2,(H,19,24)(H,21,25)(H2,20,22,23). The van der Waals surface area contributed by atoms with Crippen LogP contribution in [-0.4, -0.2) is 35.8 Å². The molecule has 2 aromatic carbocycles. The first kappa shape index (κ1) is 18.9. The fourth-order valence-corrected chi connectivity index (χ4v) is 4.36. The number of nitrogens with one attached hydrogen (secondary N) is 4. The lowest BCUT2D eigenvalue weighted by molar-refractivity contribution is -0.114. The first-order valence-electron chi connectivity index (χ1n) is 8.50. The van der Waals surface area contributed by atoms with Crippen LogP contribution < -0.4 is 15.4 Å². The minimum absolute atomic E-state index is 0.00543. The molecule has 0 saturated heterocycles. The molecule has 11 heteroatoms. The molecule has 0 fully saturated rings. The van der Waals surface area contributed by atoms with Crippen LogP contribution in [0.3, 0.4) is 0 Å². The second-order valence-corrected chi connectivity index (χ2v) is 8.55. The second-order valence-electron chi connectivity index (χ2n) is 5.97. The van der Waals surface area contributed by atoms with Gasteiger partial charge in [0, 0.05) is 17.3 Å². The fraction of sp³-hybridized carbons (Fsp3) is 0.0556. The summed E-state index contributed by atoms with van der Waals surface area (Å²) in [5.74, 6) is 0.207. The number of sulfonamides is 1. The number of carbonyl (C=O) groups is 1. The van der Waals surface area contributed by atoms with E-state index in [2.05, 4.69) is 30.3 Å². The second kappa shape index (κ2) is 7.89. The fourth-order valence-electron chi connectivity index (χ4n) is 2.57. The Labute approximate surface area is 170 Å². The highest BCUT2D eigenvalue weighted by Gasteiger charge is 2.15. The number of aromatic nitrogens is 3. The molecule has 4 rings (SSSR count). The van der Waals surface area contributed by atoms with Gasteiger partial charge in [0.2, 0.25) is 11.9 Å². The van der Waals surface area contributed by atoms with Gasteiger partial charge in [-0.05, 0) is 36.4 Å². The summed E-state index contributed by atoms with van der Waals surface area (Å²) < 4.78 is 27.0. The lowest BCUT2D eigenvalue weighted by Gasteiger charge is -2.08. The molecule has 0 bridgehead atoms. The van der Waals surface area contributed by atoms with Crippen LogP contribution in [0.4, 0.5) is 16.8 Å². The van der Waals surface area contributed by atoms with Gasteiger partial charge in [-0.25, -0.2) is 18.4 Å². The van der Waals surface area contributed by atoms with Crippen molar-refractivity contribution in [3.05, 3.63) is 60.1 Å². The minimum Gasteiger partial charge on any atom is -0.347 e. The summed E-state index contributed by atoms with van der Waals surface area (Å²) in [6.07, 6.45) is 1.51. The molecule has 4 aromatic rings. The predicted octanol–water partition coefficient (Wildman–Crippen LogP) is 2.87. The minimum atomic E-state index is -3.73. The van der Waals surface area contributed by atoms with E-state index >= 15 is 0 Å². The molecule has 29 heavy (non-hydrogen) atoms. The predicted molar refractivity (Wildman–Crippen MR) is 113 cm³/mol. The summed E-state index contributed by atoms with van der Waals surface area (Å²) in [5.41, 5.74) is 2.16. The number of para-hydroxylation sites is 2. The number of hydrogen-bond acceptors (Lipinski definition) is 7. The molecule has 0 aliphatic carbocycles. The van der Waals surface area contributed by atoms with Gasteiger partial charge in [0.05, 0.1) is 22.5 Å². The summed E-state index contributed by atoms with van der Waals surface area (Å²) in [5, 5.41) is 7.59. The molecule has 0 radical (unpaired) electrons. The van der Waals surface area contributed by atoms with Crippen molar-refractivity contribution in [3.63, 3.8) is 0 Å². The number of fused-ring (bicyclic) bond motifs is 1. The average Bonchev–Trinajstić information content (AvgIpc) is 3.35. The zero-order chi connectivity index (χ0) is 20.3. The normalized spacial score (nSPS) is 11.3. The van der Waals surface area contributed by atoms with Gasteiger partial charge in [-0.3, -0.25) is 9.52 Å². The first-order valence-corrected chi connectivity index (χ1v) is 10.9. The Bertz CT molecular complexity index is 1200. The van der Waals surface area contributed by atoms with Crippen LogP contribution in [0.5, 0.6) is 0 Å². The molecule has 0 aliphatic rings. The maximum Gasteiger partial charge on any atom is 0.263 e. The Hall–Kier alpha value is -3.44. The van der Waals surface area contributed by atoms with Gasteiger partial charge in [-0.15, -0.1) is 11.3 Å². The number of amides is 1. The number of carbonyl (C=O) groups excluding carboxylic acids is 1. The lowest BCUT2D eigenvalue weighted by atomic mass is 10.3. The average molecular weight is 428 g/mol. The molecule has 2 aromatic heterocycles. The van der Waals surface area contributed by atoms with Crippen molar-refractivity contribution in [2.75, 3.05) is 21.9 Å². The SMILES string of the molecule is O=C(CNc1nc2ccccc2[nH]1)Nc1ccc(S(=O)(=O)Nc2nccs2)cc1. The molecule has 0 atom stereocenters. The van der Waals surface area contributed by atoms with Crippen LogP contribution in [0.15, 0.2) is 65.0 Å². The molecular weight excluding hydrogens is 412 g/mol. The first-order chi connectivity index (χ1) is 14.0. The number of thiazole rings is 1. The summed E-state index contributed by atoms with van der Waals surface area (Å²) in [6.45, 7) is 0.00543. The molecule has 148 valence electrons. The Morgan fingerprint density at radius 3 is 2.62 bits per heavy atom. The van der Waals surface area contributed by atoms with Crippen LogP contribution >= 0.6 is 11.3 Å². The third-order valence-electron chi connectivity index (χ3n) is 3.91. The highest BCUT2D eigenvalue weighted by molar-refractivity contribution is 7.93. The van der Waals surface area contributed by atoms with Crippen LogP contribution in [0.1, 0.15) is 0 Å². The maximum absolute atomic E-state index is 12.3. The lowest BCUT2D eigenvalue weighted by Crippen LogP contribution is -2.22. The summed E-state index contributed by atoms with van der Waals surface area (Å²) in [6, 6.07) is 13.4. The van der Waals surface area contributed by atoms with Crippen molar-refractivity contribution in [1.29, 1.82) is 0 Å². The molecule has 1 amide bonds. The van der Waals surface area contributed by atoms with Crippen LogP contribution in [0.2, 0.25) is 0 Å². The summed E-state index contributed by atoms with van der Waals surface area (Å²) in [4.78, 5) is 23.5. The van der Waals surface area contributed by atoms with E-state index in [9.17, 15) is 13.2 Å². The number of aromatic amines is 1. The summed E-state index contributed by atoms with van der Waals surface area (Å²) in [7, 11) is -3.73. The van der Waals surface area contributed by atoms with E-state index in [4.69, 9.17) is 0 Å². The maximum atomic E-state index is 12.3. The van der Waals surface area contributed by atoms with Crippen molar-refractivity contribution < 1.29 is 13.2 Å². The molecule has 0 unspecified atom stereocenters. The number of H-pyrrole nitrogens is 1. The zero-order valence-corrected chi connectivity index (χ0v) is 16.5. The van der Waals surface area contributed by atoms with Crippen molar-refractivity contribution >= 4 is 55.1 Å². The largest absolute Gasteiger partial charge is 0.347 e. The molecule has 2 heterocycles. The molecule has 4 N–H and O–H groups in total. The van der Waals surface area contributed by atoms with Gasteiger partial charge in [0.15, 0.2) is 5.13 Å². The number of rotatable bonds is 7. The van der Waals surface area contributed by atoms with E-state index in [1.807, 2.05) is 24.3 Å². The number of benzene rings is 2. The highest BCUT2D eigenvalue weighted by Crippen LogP contribution is 2.19. The number of imidazole rings is 1. The Balaban J connectivity index is 1.35. The van der Waals surface area contributed by atoms with Gasteiger partial charge >= 0.3 is 0 Å². The third-order valence-corrected chi connectivity index (χ3v) is 6.08. The van der Waals surface area contributed by atoms with Crippen LogP contribution in [0, 0.1) is 0 Å². The number of nitrogens with zero attached hydrogens (tertiary/aromatic N) is 2. The molecule has 9 nitrogen and oxygen atoms in total. The summed E-state index contributed by atoms with van der Waals surface area (Å²) >= 11 is 1.19. The van der Waals surface area contributed by atoms with E-state index in [0.29, 0.717) is 16.8 Å². The van der Waals surface area contributed by atoms with E-state index in [-0.39, 0.29) is 17.3 Å². The van der Waals surface area contributed by atoms with Gasteiger partial charge < -0.3 is 15.6 Å². The van der Waals surface area contributed by atoms with Gasteiger partial charge in [-0.1, -0.05) is 12.1 Å². The number of hydrogen-bond donors (Lipinski definition) is 4. The zero-order valence-electron chi connectivity index (χ0n) is 14.9. The molecule has 0 spiro atoms. The topological polar surface area (TPSA) is 129 Å². The van der Waals surface area contributed by atoms with Crippen LogP contribution in [0.25, 0.3) is 11.0 Å². The number of anilines is 3. The van der Waals surface area contributed by atoms with Crippen molar-refractivity contribution in [1.82, 2.24) is 15.0 Å². The monoisotopic (exact) mass is 428 g/mol. The molecule has 0 saturated carbocycles. The van der Waals surface area contributed by atoms with E-state index in [1.165, 1.54) is 41.8 Å². The van der Waals surface area contributed by atoms with Gasteiger partial charge in [0.25, 0.3) is 10.0 Å². The molecule has 0 aliphatic heterocycles. The van der Waals surface area contributed by atoms with Gasteiger partial charge in [0.1, 0.15) is 0 Å². The third kappa shape index (κ3) is 4.52. The quantitative estimate of drug-likeness (QED) is 0.358. The van der Waals surface area contributed by atoms with Crippen molar-refractivity contribution in [2.24, 2.45) is 0 Å². The van der Waals surface area contributed by atoms with E-state index < -0.39 is 10.0 Å². The van der Waals surface area contributed by atoms with E-state index in [0.717, 1.165) is 11.0 Å². The Morgan fingerprint density at radius 1 is 1.10 bits per heavy atom.